The van der Waals surface area contributed by atoms with Crippen molar-refractivity contribution in [1.29, 1.82) is 0 Å². The van der Waals surface area contributed by atoms with Gasteiger partial charge in [0.2, 0.25) is 0 Å². The summed E-state index contributed by atoms with van der Waals surface area (Å²) < 4.78 is 0. The number of likely N-dealkylation sites (tertiary alicyclic amines) is 1. The van der Waals surface area contributed by atoms with Crippen molar-refractivity contribution in [3.05, 3.63) is 0 Å². The number of urea groups is 1. The predicted molar refractivity (Wildman–Crippen MR) is 71.4 cm³/mol. The lowest BCUT2D eigenvalue weighted by Crippen LogP contribution is -2.47. The second kappa shape index (κ2) is 6.58. The molecule has 20 heavy (non-hydrogen) atoms. The highest BCUT2D eigenvalue weighted by Gasteiger charge is 2.29. The van der Waals surface area contributed by atoms with Gasteiger partial charge in [-0.15, -0.1) is 0 Å². The number of carbonyl (C=O) groups is 3. The maximum atomic E-state index is 12.3. The van der Waals surface area contributed by atoms with E-state index in [0.29, 0.717) is 13.1 Å². The molecule has 0 aliphatic carbocycles. The molecule has 2 amide bonds. The van der Waals surface area contributed by atoms with Gasteiger partial charge in [-0.1, -0.05) is 13.8 Å². The second-order valence-electron chi connectivity index (χ2n) is 5.93. The average Bonchev–Trinajstić information content (AvgIpc) is 2.47. The molecule has 0 radical (unpaired) electrons. The van der Waals surface area contributed by atoms with E-state index in [9.17, 15) is 14.4 Å². The normalized spacial score (nSPS) is 18.2. The van der Waals surface area contributed by atoms with Gasteiger partial charge in [0.1, 0.15) is 13.1 Å². The largest absolute Gasteiger partial charge is 0.480 e. The van der Waals surface area contributed by atoms with Gasteiger partial charge in [0, 0.05) is 13.1 Å². The van der Waals surface area contributed by atoms with Crippen molar-refractivity contribution in [1.82, 2.24) is 9.80 Å². The van der Waals surface area contributed by atoms with Crippen LogP contribution in [0.15, 0.2) is 0 Å². The highest BCUT2D eigenvalue weighted by atomic mass is 16.4. The molecule has 0 spiro atoms. The maximum absolute atomic E-state index is 12.3. The number of carboxylic acids is 2. The summed E-state index contributed by atoms with van der Waals surface area (Å²) in [5.41, 5.74) is 0.152. The minimum atomic E-state index is -1.21. The molecular formula is C13H22N2O5. The lowest BCUT2D eigenvalue weighted by molar-refractivity contribution is -0.140. The van der Waals surface area contributed by atoms with Crippen molar-refractivity contribution in [3.8, 4) is 0 Å². The molecule has 0 saturated carbocycles. The molecule has 0 unspecified atom stereocenters. The molecule has 1 rings (SSSR count). The SMILES string of the molecule is CC1(C)CCCN(C(=O)N(CC(=O)O)CC(=O)O)CC1. The molecule has 7 nitrogen and oxygen atoms in total. The van der Waals surface area contributed by atoms with Gasteiger partial charge in [0.05, 0.1) is 0 Å². The van der Waals surface area contributed by atoms with Crippen molar-refractivity contribution in [3.63, 3.8) is 0 Å². The van der Waals surface area contributed by atoms with E-state index < -0.39 is 31.1 Å². The molecule has 7 heteroatoms. The fraction of sp³-hybridized carbons (Fsp3) is 0.769. The summed E-state index contributed by atoms with van der Waals surface area (Å²) in [6.07, 6.45) is 2.66. The molecule has 2 N–H and O–H groups in total. The van der Waals surface area contributed by atoms with Crippen LogP contribution in [0.1, 0.15) is 33.1 Å². The van der Waals surface area contributed by atoms with Crippen LogP contribution in [-0.2, 0) is 9.59 Å². The van der Waals surface area contributed by atoms with Crippen molar-refractivity contribution in [2.45, 2.75) is 33.1 Å². The van der Waals surface area contributed by atoms with Crippen LogP contribution in [0.5, 0.6) is 0 Å². The first-order valence-electron chi connectivity index (χ1n) is 6.69. The van der Waals surface area contributed by atoms with Crippen LogP contribution >= 0.6 is 0 Å². The highest BCUT2D eigenvalue weighted by Crippen LogP contribution is 2.30. The number of rotatable bonds is 4. The Hall–Kier alpha value is -1.79. The molecule has 0 bridgehead atoms. The van der Waals surface area contributed by atoms with Crippen LogP contribution in [0.2, 0.25) is 0 Å². The van der Waals surface area contributed by atoms with Gasteiger partial charge in [-0.2, -0.15) is 0 Å². The van der Waals surface area contributed by atoms with Gasteiger partial charge in [-0.25, -0.2) is 4.79 Å². The topological polar surface area (TPSA) is 98.2 Å². The van der Waals surface area contributed by atoms with E-state index in [1.807, 2.05) is 0 Å². The van der Waals surface area contributed by atoms with Gasteiger partial charge in [0.25, 0.3) is 0 Å². The Labute approximate surface area is 118 Å². The summed E-state index contributed by atoms with van der Waals surface area (Å²) >= 11 is 0. The summed E-state index contributed by atoms with van der Waals surface area (Å²) in [6.45, 7) is 4.15. The van der Waals surface area contributed by atoms with Gasteiger partial charge in [-0.3, -0.25) is 9.59 Å². The zero-order valence-electron chi connectivity index (χ0n) is 12.0. The van der Waals surface area contributed by atoms with Crippen LogP contribution in [-0.4, -0.2) is 64.2 Å². The summed E-state index contributed by atoms with van der Waals surface area (Å²) in [7, 11) is 0. The minimum Gasteiger partial charge on any atom is -0.480 e. The fourth-order valence-electron chi connectivity index (χ4n) is 2.33. The second-order valence-corrected chi connectivity index (χ2v) is 5.93. The van der Waals surface area contributed by atoms with Crippen molar-refractivity contribution >= 4 is 18.0 Å². The number of carboxylic acid groups (broad SMARTS) is 2. The lowest BCUT2D eigenvalue weighted by Gasteiger charge is -2.28. The van der Waals surface area contributed by atoms with Gasteiger partial charge in [-0.05, 0) is 24.7 Å². The van der Waals surface area contributed by atoms with Crippen LogP contribution < -0.4 is 0 Å². The molecule has 1 aliphatic heterocycles. The predicted octanol–water partition coefficient (Wildman–Crippen LogP) is 1.09. The molecule has 0 aromatic heterocycles. The Morgan fingerprint density at radius 1 is 1.05 bits per heavy atom. The van der Waals surface area contributed by atoms with Crippen LogP contribution in [0.4, 0.5) is 4.79 Å². The van der Waals surface area contributed by atoms with Gasteiger partial charge < -0.3 is 20.0 Å². The number of aliphatic carboxylic acids is 2. The number of hydrogen-bond donors (Lipinski definition) is 2. The molecule has 1 aliphatic rings. The Balaban J connectivity index is 2.72. The van der Waals surface area contributed by atoms with E-state index in [1.165, 1.54) is 0 Å². The van der Waals surface area contributed by atoms with Crippen LogP contribution in [0.25, 0.3) is 0 Å². The van der Waals surface area contributed by atoms with E-state index in [2.05, 4.69) is 13.8 Å². The Bertz CT molecular complexity index is 378. The fourth-order valence-corrected chi connectivity index (χ4v) is 2.33. The summed E-state index contributed by atoms with van der Waals surface area (Å²) in [6, 6.07) is -0.507. The quantitative estimate of drug-likeness (QED) is 0.806. The van der Waals surface area contributed by atoms with Crippen molar-refractivity contribution in [2.75, 3.05) is 26.2 Å². The number of carbonyl (C=O) groups excluding carboxylic acids is 1. The summed E-state index contributed by atoms with van der Waals surface area (Å²) in [4.78, 5) is 36.2. The lowest BCUT2D eigenvalue weighted by atomic mass is 9.85. The van der Waals surface area contributed by atoms with E-state index in [4.69, 9.17) is 10.2 Å². The molecule has 1 fully saturated rings. The number of hydrogen-bond acceptors (Lipinski definition) is 3. The smallest absolute Gasteiger partial charge is 0.323 e. The van der Waals surface area contributed by atoms with Crippen LogP contribution in [0, 0.1) is 5.41 Å². The first-order valence-corrected chi connectivity index (χ1v) is 6.69. The van der Waals surface area contributed by atoms with Crippen molar-refractivity contribution < 1.29 is 24.6 Å². The Morgan fingerprint density at radius 2 is 1.60 bits per heavy atom. The van der Waals surface area contributed by atoms with Gasteiger partial charge >= 0.3 is 18.0 Å². The van der Waals surface area contributed by atoms with Crippen LogP contribution in [0.3, 0.4) is 0 Å². The molecule has 1 saturated heterocycles. The van der Waals surface area contributed by atoms with E-state index in [-0.39, 0.29) is 5.41 Å². The highest BCUT2D eigenvalue weighted by molar-refractivity contribution is 5.84. The van der Waals surface area contributed by atoms with Crippen molar-refractivity contribution in [2.24, 2.45) is 5.41 Å². The number of amides is 2. The average molecular weight is 286 g/mol. The third-order valence-corrected chi connectivity index (χ3v) is 3.53. The standard InChI is InChI=1S/C13H22N2O5/c1-13(2)4-3-6-14(7-5-13)12(20)15(8-10(16)17)9-11(18)19/h3-9H2,1-2H3,(H,16,17)(H,18,19). The van der Waals surface area contributed by atoms with E-state index in [0.717, 1.165) is 24.2 Å². The summed E-state index contributed by atoms with van der Waals surface area (Å²) in [5, 5.41) is 17.6. The molecule has 0 atom stereocenters. The summed E-state index contributed by atoms with van der Waals surface area (Å²) in [5.74, 6) is -2.43. The van der Waals surface area contributed by atoms with Gasteiger partial charge in [0.15, 0.2) is 0 Å². The zero-order chi connectivity index (χ0) is 15.3. The maximum Gasteiger partial charge on any atom is 0.323 e. The van der Waals surface area contributed by atoms with E-state index in [1.54, 1.807) is 4.90 Å². The monoisotopic (exact) mass is 286 g/mol. The Morgan fingerprint density at radius 3 is 2.10 bits per heavy atom. The molecule has 114 valence electrons. The zero-order valence-corrected chi connectivity index (χ0v) is 12.0. The third kappa shape index (κ3) is 5.07. The first-order chi connectivity index (χ1) is 9.21. The molecular weight excluding hydrogens is 264 g/mol. The molecule has 1 heterocycles. The Kier molecular flexibility index (Phi) is 5.35. The van der Waals surface area contributed by atoms with E-state index >= 15 is 0 Å². The molecule has 0 aromatic carbocycles. The third-order valence-electron chi connectivity index (χ3n) is 3.53. The molecule has 0 aromatic rings. The minimum absolute atomic E-state index is 0.152. The number of nitrogens with zero attached hydrogens (tertiary/aromatic N) is 2. The first kappa shape index (κ1) is 16.3.